The number of allylic oxidation sites excluding steroid dienone is 1. The van der Waals surface area contributed by atoms with Gasteiger partial charge in [-0.3, -0.25) is 0 Å². The summed E-state index contributed by atoms with van der Waals surface area (Å²) in [4.78, 5) is 0. The molecule has 0 amide bonds. The molecule has 0 saturated carbocycles. The van der Waals surface area contributed by atoms with Gasteiger partial charge in [0.2, 0.25) is 0 Å². The fourth-order valence-electron chi connectivity index (χ4n) is 6.52. The van der Waals surface area contributed by atoms with Gasteiger partial charge < -0.3 is 0 Å². The average Bonchev–Trinajstić information content (AvgIpc) is 3.29. The second-order valence-corrected chi connectivity index (χ2v) is 10.2. The predicted octanol–water partition coefficient (Wildman–Crippen LogP) is 9.52. The van der Waals surface area contributed by atoms with Gasteiger partial charge in [0.1, 0.15) is 0 Å². The molecule has 1 aliphatic carbocycles. The zero-order valence-corrected chi connectivity index (χ0v) is 21.2. The SMILES string of the molecule is C=CC(c1ccc2c(c1)C(c1ccccc1)(c1ccccc1)c1ccccc1-2)c1ccc2ccccc2c1. The Morgan fingerprint density at radius 2 is 1.03 bits per heavy atom. The minimum atomic E-state index is -0.389. The number of fused-ring (bicyclic) bond motifs is 4. The van der Waals surface area contributed by atoms with E-state index in [1.165, 1.54) is 55.3 Å². The molecule has 1 atom stereocenters. The van der Waals surface area contributed by atoms with Crippen LogP contribution in [0.25, 0.3) is 21.9 Å². The molecule has 1 unspecified atom stereocenters. The van der Waals surface area contributed by atoms with E-state index in [0.717, 1.165) is 0 Å². The van der Waals surface area contributed by atoms with Crippen LogP contribution in [0.5, 0.6) is 0 Å². The molecule has 7 rings (SSSR count). The van der Waals surface area contributed by atoms with Gasteiger partial charge in [-0.2, -0.15) is 0 Å². The van der Waals surface area contributed by atoms with Crippen molar-refractivity contribution in [1.82, 2.24) is 0 Å². The van der Waals surface area contributed by atoms with Crippen molar-refractivity contribution in [2.45, 2.75) is 11.3 Å². The Morgan fingerprint density at radius 1 is 0.474 bits per heavy atom. The van der Waals surface area contributed by atoms with Gasteiger partial charge >= 0.3 is 0 Å². The van der Waals surface area contributed by atoms with Crippen LogP contribution in [0.3, 0.4) is 0 Å². The van der Waals surface area contributed by atoms with E-state index < -0.39 is 0 Å². The van der Waals surface area contributed by atoms with E-state index in [1.807, 2.05) is 0 Å². The van der Waals surface area contributed by atoms with Crippen molar-refractivity contribution in [3.8, 4) is 11.1 Å². The maximum atomic E-state index is 4.28. The van der Waals surface area contributed by atoms with Gasteiger partial charge in [0, 0.05) is 5.92 Å². The highest BCUT2D eigenvalue weighted by Crippen LogP contribution is 2.56. The lowest BCUT2D eigenvalue weighted by Crippen LogP contribution is -2.28. The first-order chi connectivity index (χ1) is 18.8. The third-order valence-corrected chi connectivity index (χ3v) is 8.21. The van der Waals surface area contributed by atoms with Gasteiger partial charge in [0.05, 0.1) is 5.41 Å². The van der Waals surface area contributed by atoms with Crippen molar-refractivity contribution in [3.05, 3.63) is 192 Å². The van der Waals surface area contributed by atoms with Crippen molar-refractivity contribution in [1.29, 1.82) is 0 Å². The first kappa shape index (κ1) is 22.5. The van der Waals surface area contributed by atoms with Crippen molar-refractivity contribution in [2.24, 2.45) is 0 Å². The van der Waals surface area contributed by atoms with Gasteiger partial charge in [-0.05, 0) is 55.3 Å². The first-order valence-corrected chi connectivity index (χ1v) is 13.3. The Hall–Kier alpha value is -4.68. The molecule has 1 aliphatic rings. The van der Waals surface area contributed by atoms with E-state index in [9.17, 15) is 0 Å². The van der Waals surface area contributed by atoms with Crippen molar-refractivity contribution in [3.63, 3.8) is 0 Å². The Balaban J connectivity index is 1.50. The Labute approximate surface area is 224 Å². The van der Waals surface area contributed by atoms with E-state index in [-0.39, 0.29) is 11.3 Å². The van der Waals surface area contributed by atoms with Crippen molar-refractivity contribution < 1.29 is 0 Å². The van der Waals surface area contributed by atoms with Gasteiger partial charge in [0.25, 0.3) is 0 Å². The number of hydrogen-bond donors (Lipinski definition) is 0. The van der Waals surface area contributed by atoms with Gasteiger partial charge in [0.15, 0.2) is 0 Å². The van der Waals surface area contributed by atoms with Crippen LogP contribution in [0, 0.1) is 0 Å². The molecule has 6 aromatic rings. The highest BCUT2D eigenvalue weighted by Gasteiger charge is 2.46. The molecular weight excluding hydrogens is 456 g/mol. The second kappa shape index (κ2) is 9.01. The second-order valence-electron chi connectivity index (χ2n) is 10.2. The predicted molar refractivity (Wildman–Crippen MR) is 160 cm³/mol. The molecule has 0 aliphatic heterocycles. The molecule has 0 nitrogen and oxygen atoms in total. The summed E-state index contributed by atoms with van der Waals surface area (Å²) in [6.07, 6.45) is 2.08. The van der Waals surface area contributed by atoms with Crippen LogP contribution in [0.1, 0.15) is 39.3 Å². The molecule has 0 saturated heterocycles. The van der Waals surface area contributed by atoms with E-state index in [4.69, 9.17) is 0 Å². The topological polar surface area (TPSA) is 0 Å². The van der Waals surface area contributed by atoms with Crippen LogP contribution >= 0.6 is 0 Å². The lowest BCUT2D eigenvalue weighted by atomic mass is 9.67. The number of benzene rings is 6. The summed E-state index contributed by atoms with van der Waals surface area (Å²) >= 11 is 0. The minimum Gasteiger partial charge on any atom is -0.102 e. The number of hydrogen-bond acceptors (Lipinski definition) is 0. The third-order valence-electron chi connectivity index (χ3n) is 8.21. The largest absolute Gasteiger partial charge is 0.102 e. The standard InChI is InChI=1S/C38H28/c1-2-33(29-22-21-27-13-9-10-14-28(27)25-29)30-23-24-35-34-19-11-12-20-36(34)38(37(35)26-30,31-15-5-3-6-16-31)32-17-7-4-8-18-32/h2-26,33H,1H2. The van der Waals surface area contributed by atoms with Crippen LogP contribution in [0.4, 0.5) is 0 Å². The molecule has 0 heteroatoms. The van der Waals surface area contributed by atoms with Gasteiger partial charge in [-0.1, -0.05) is 152 Å². The Bertz CT molecular complexity index is 1740. The normalized spacial score (nSPS) is 14.0. The molecule has 6 aromatic carbocycles. The monoisotopic (exact) mass is 484 g/mol. The quantitative estimate of drug-likeness (QED) is 0.213. The molecule has 0 N–H and O–H groups in total. The Kier molecular flexibility index (Phi) is 5.34. The van der Waals surface area contributed by atoms with E-state index >= 15 is 0 Å². The summed E-state index contributed by atoms with van der Waals surface area (Å²) in [5.74, 6) is 0.0952. The molecule has 0 heterocycles. The zero-order valence-electron chi connectivity index (χ0n) is 21.2. The summed E-state index contributed by atoms with van der Waals surface area (Å²) in [7, 11) is 0. The molecule has 0 radical (unpaired) electrons. The first-order valence-electron chi connectivity index (χ1n) is 13.3. The van der Waals surface area contributed by atoms with Crippen LogP contribution in [0.15, 0.2) is 158 Å². The van der Waals surface area contributed by atoms with E-state index in [0.29, 0.717) is 0 Å². The minimum absolute atomic E-state index is 0.0952. The van der Waals surface area contributed by atoms with Crippen LogP contribution < -0.4 is 0 Å². The fraction of sp³-hybridized carbons (Fsp3) is 0.0526. The summed E-state index contributed by atoms with van der Waals surface area (Å²) in [5.41, 5.74) is 10.00. The zero-order chi connectivity index (χ0) is 25.5. The number of rotatable bonds is 5. The Morgan fingerprint density at radius 3 is 1.74 bits per heavy atom. The average molecular weight is 485 g/mol. The maximum absolute atomic E-state index is 4.28. The smallest absolute Gasteiger partial charge is 0.0713 e. The summed E-state index contributed by atoms with van der Waals surface area (Å²) in [6.45, 7) is 4.28. The summed E-state index contributed by atoms with van der Waals surface area (Å²) in [6, 6.07) is 53.3. The highest BCUT2D eigenvalue weighted by molar-refractivity contribution is 5.87. The van der Waals surface area contributed by atoms with Crippen molar-refractivity contribution in [2.75, 3.05) is 0 Å². The van der Waals surface area contributed by atoms with Gasteiger partial charge in [-0.25, -0.2) is 0 Å². The third kappa shape index (κ3) is 3.31. The van der Waals surface area contributed by atoms with Crippen LogP contribution in [0.2, 0.25) is 0 Å². The molecule has 0 bridgehead atoms. The van der Waals surface area contributed by atoms with E-state index in [2.05, 4.69) is 158 Å². The van der Waals surface area contributed by atoms with E-state index in [1.54, 1.807) is 0 Å². The summed E-state index contributed by atoms with van der Waals surface area (Å²) in [5, 5.41) is 2.52. The van der Waals surface area contributed by atoms with Crippen LogP contribution in [-0.2, 0) is 5.41 Å². The molecule has 180 valence electrons. The molecule has 0 spiro atoms. The summed E-state index contributed by atoms with van der Waals surface area (Å²) < 4.78 is 0. The fourth-order valence-corrected chi connectivity index (χ4v) is 6.52. The molecule has 0 fully saturated rings. The molecular formula is C38H28. The van der Waals surface area contributed by atoms with Crippen molar-refractivity contribution >= 4 is 10.8 Å². The van der Waals surface area contributed by atoms with Crippen LogP contribution in [-0.4, -0.2) is 0 Å². The lowest BCUT2D eigenvalue weighted by molar-refractivity contribution is 0.766. The molecule has 38 heavy (non-hydrogen) atoms. The maximum Gasteiger partial charge on any atom is 0.0713 e. The van der Waals surface area contributed by atoms with Gasteiger partial charge in [-0.15, -0.1) is 6.58 Å². The lowest BCUT2D eigenvalue weighted by Gasteiger charge is -2.34. The molecule has 0 aromatic heterocycles. The highest BCUT2D eigenvalue weighted by atomic mass is 14.5.